The molecule has 0 aliphatic rings. The Bertz CT molecular complexity index is 4200. The highest BCUT2D eigenvalue weighted by Crippen LogP contribution is 2.44. The third-order valence-corrected chi connectivity index (χ3v) is 14.3. The smallest absolute Gasteiger partial charge is 0.141 e. The number of benzene rings is 11. The predicted octanol–water partition coefficient (Wildman–Crippen LogP) is 18.4. The van der Waals surface area contributed by atoms with Gasteiger partial charge in [-0.2, -0.15) is 0 Å². The fourth-order valence-corrected chi connectivity index (χ4v) is 10.8. The van der Waals surface area contributed by atoms with Crippen molar-refractivity contribution in [3.8, 4) is 72.7 Å². The molecule has 0 fully saturated rings. The van der Waals surface area contributed by atoms with E-state index in [1.54, 1.807) is 6.26 Å². The number of fused-ring (bicyclic) bond motifs is 10. The molecule has 3 nitrogen and oxygen atoms in total. The quantitative estimate of drug-likeness (QED) is 0.149. The zero-order chi connectivity index (χ0) is 46.1. The number of rotatable bonds is 7. The Morgan fingerprint density at radius 3 is 1.39 bits per heavy atom. The topological polar surface area (TPSA) is 31.0 Å². The average Bonchev–Trinajstić information content (AvgIpc) is 4.06. The zero-order valence-electron chi connectivity index (χ0n) is 38.1. The van der Waals surface area contributed by atoms with Gasteiger partial charge in [0.25, 0.3) is 0 Å². The molecule has 14 rings (SSSR count). The van der Waals surface area contributed by atoms with Crippen LogP contribution >= 0.6 is 0 Å². The molecule has 3 heteroatoms. The molecule has 0 amide bonds. The molecule has 3 heterocycles. The van der Waals surface area contributed by atoms with Gasteiger partial charge in [-0.1, -0.05) is 200 Å². The summed E-state index contributed by atoms with van der Waals surface area (Å²) in [6.07, 6.45) is 1.78. The van der Waals surface area contributed by atoms with Crippen molar-refractivity contribution in [2.45, 2.75) is 0 Å². The number of aromatic nitrogens is 2. The molecule has 3 aromatic heterocycles. The Morgan fingerprint density at radius 2 is 0.757 bits per heavy atom. The third-order valence-electron chi connectivity index (χ3n) is 14.3. The summed E-state index contributed by atoms with van der Waals surface area (Å²) in [4.78, 5) is 5.46. The lowest BCUT2D eigenvalue weighted by Crippen LogP contribution is -1.98. The second kappa shape index (κ2) is 16.2. The second-order valence-electron chi connectivity index (χ2n) is 18.3. The van der Waals surface area contributed by atoms with Gasteiger partial charge >= 0.3 is 0 Å². The lowest BCUT2D eigenvalue weighted by Gasteiger charge is -2.15. The normalized spacial score (nSPS) is 11.7. The Balaban J connectivity index is 1.04. The van der Waals surface area contributed by atoms with Crippen LogP contribution in [0.25, 0.3) is 138 Å². The van der Waals surface area contributed by atoms with Crippen LogP contribution in [-0.2, 0) is 0 Å². The van der Waals surface area contributed by atoms with E-state index in [0.717, 1.165) is 61.3 Å². The predicted molar refractivity (Wildman–Crippen MR) is 293 cm³/mol. The van der Waals surface area contributed by atoms with E-state index < -0.39 is 0 Å². The second-order valence-corrected chi connectivity index (χ2v) is 18.3. The maximum atomic E-state index is 6.05. The van der Waals surface area contributed by atoms with Gasteiger partial charge in [-0.25, -0.2) is 4.98 Å². The summed E-state index contributed by atoms with van der Waals surface area (Å²) >= 11 is 0. The number of nitrogens with zero attached hydrogens (tertiary/aromatic N) is 2. The summed E-state index contributed by atoms with van der Waals surface area (Å²) in [5.41, 5.74) is 17.5. The van der Waals surface area contributed by atoms with Crippen LogP contribution in [0.2, 0.25) is 0 Å². The van der Waals surface area contributed by atoms with Gasteiger partial charge in [-0.05, 0) is 120 Å². The van der Waals surface area contributed by atoms with E-state index in [0.29, 0.717) is 0 Å². The maximum Gasteiger partial charge on any atom is 0.141 e. The molecule has 326 valence electrons. The Morgan fingerprint density at radius 1 is 0.286 bits per heavy atom. The van der Waals surface area contributed by atoms with Crippen LogP contribution in [0.15, 0.2) is 259 Å². The lowest BCUT2D eigenvalue weighted by molar-refractivity contribution is 0.617. The SMILES string of the molecule is c1ccc(-c2ccc(-c3cc(-n4c5ccc(-c6ccccc6)cc5c5cc6c7ccccc7c7cc(-c8cccc9ccoc89)ccc7c6cc54)cc(-c4ccc(-c5ccccc5)cc4)n3)cc2)cc1. The molecule has 0 saturated carbocycles. The van der Waals surface area contributed by atoms with E-state index in [1.807, 2.05) is 6.07 Å². The molecule has 0 spiro atoms. The minimum atomic E-state index is 0.906. The van der Waals surface area contributed by atoms with E-state index in [-0.39, 0.29) is 0 Å². The van der Waals surface area contributed by atoms with Gasteiger partial charge in [0.2, 0.25) is 0 Å². The molecular weight excluding hydrogens is 849 g/mol. The number of furan rings is 1. The van der Waals surface area contributed by atoms with Crippen LogP contribution in [0, 0.1) is 0 Å². The van der Waals surface area contributed by atoms with Crippen LogP contribution in [0.1, 0.15) is 0 Å². The van der Waals surface area contributed by atoms with E-state index in [1.165, 1.54) is 76.5 Å². The summed E-state index contributed by atoms with van der Waals surface area (Å²) in [6.45, 7) is 0. The fraction of sp³-hybridized carbons (Fsp3) is 0. The van der Waals surface area contributed by atoms with E-state index in [9.17, 15) is 0 Å². The van der Waals surface area contributed by atoms with Crippen molar-refractivity contribution in [2.75, 3.05) is 0 Å². The summed E-state index contributed by atoms with van der Waals surface area (Å²) in [5.74, 6) is 0. The molecular formula is C67H42N2O. The number of para-hydroxylation sites is 1. The van der Waals surface area contributed by atoms with Gasteiger partial charge in [0, 0.05) is 32.8 Å². The monoisotopic (exact) mass is 890 g/mol. The number of pyridine rings is 1. The third kappa shape index (κ3) is 6.63. The fourth-order valence-electron chi connectivity index (χ4n) is 10.8. The van der Waals surface area contributed by atoms with E-state index in [4.69, 9.17) is 9.40 Å². The summed E-state index contributed by atoms with van der Waals surface area (Å²) in [6, 6.07) is 90.1. The van der Waals surface area contributed by atoms with Crippen LogP contribution in [0.5, 0.6) is 0 Å². The molecule has 0 atom stereocenters. The van der Waals surface area contributed by atoms with E-state index >= 15 is 0 Å². The molecule has 0 aliphatic heterocycles. The minimum absolute atomic E-state index is 0.906. The molecule has 0 aliphatic carbocycles. The number of hydrogen-bond acceptors (Lipinski definition) is 2. The molecule has 0 saturated heterocycles. The van der Waals surface area contributed by atoms with Gasteiger partial charge in [0.15, 0.2) is 0 Å². The first kappa shape index (κ1) is 39.8. The van der Waals surface area contributed by atoms with Gasteiger partial charge in [0.1, 0.15) is 5.58 Å². The van der Waals surface area contributed by atoms with E-state index in [2.05, 4.69) is 247 Å². The van der Waals surface area contributed by atoms with Crippen LogP contribution < -0.4 is 0 Å². The van der Waals surface area contributed by atoms with Gasteiger partial charge < -0.3 is 8.98 Å². The summed E-state index contributed by atoms with van der Waals surface area (Å²) < 4.78 is 8.52. The Hall–Kier alpha value is -9.31. The highest BCUT2D eigenvalue weighted by atomic mass is 16.3. The lowest BCUT2D eigenvalue weighted by atomic mass is 9.91. The zero-order valence-corrected chi connectivity index (χ0v) is 38.1. The van der Waals surface area contributed by atoms with Crippen molar-refractivity contribution in [3.05, 3.63) is 255 Å². The summed E-state index contributed by atoms with van der Waals surface area (Å²) in [7, 11) is 0. The van der Waals surface area contributed by atoms with Crippen molar-refractivity contribution in [3.63, 3.8) is 0 Å². The molecule has 11 aromatic carbocycles. The van der Waals surface area contributed by atoms with Crippen molar-refractivity contribution in [2.24, 2.45) is 0 Å². The van der Waals surface area contributed by atoms with Gasteiger partial charge in [0.05, 0.1) is 34.4 Å². The molecule has 0 N–H and O–H groups in total. The minimum Gasteiger partial charge on any atom is -0.464 e. The highest BCUT2D eigenvalue weighted by Gasteiger charge is 2.20. The Kier molecular flexibility index (Phi) is 9.21. The maximum absolute atomic E-state index is 6.05. The molecule has 14 aromatic rings. The molecule has 0 radical (unpaired) electrons. The van der Waals surface area contributed by atoms with Crippen molar-refractivity contribution >= 4 is 65.1 Å². The summed E-state index contributed by atoms with van der Waals surface area (Å²) in [5, 5.41) is 10.8. The van der Waals surface area contributed by atoms with Gasteiger partial charge in [-0.3, -0.25) is 0 Å². The molecule has 70 heavy (non-hydrogen) atoms. The molecule has 0 unspecified atom stereocenters. The Labute approximate surface area is 404 Å². The number of hydrogen-bond donors (Lipinski definition) is 0. The largest absolute Gasteiger partial charge is 0.464 e. The van der Waals surface area contributed by atoms with Crippen LogP contribution in [0.4, 0.5) is 0 Å². The van der Waals surface area contributed by atoms with Gasteiger partial charge in [-0.15, -0.1) is 0 Å². The van der Waals surface area contributed by atoms with Crippen molar-refractivity contribution in [1.82, 2.24) is 9.55 Å². The van der Waals surface area contributed by atoms with Crippen LogP contribution in [-0.4, -0.2) is 9.55 Å². The van der Waals surface area contributed by atoms with Crippen molar-refractivity contribution < 1.29 is 4.42 Å². The molecule has 0 bridgehead atoms. The average molecular weight is 891 g/mol. The van der Waals surface area contributed by atoms with Crippen LogP contribution in [0.3, 0.4) is 0 Å². The van der Waals surface area contributed by atoms with Crippen molar-refractivity contribution in [1.29, 1.82) is 0 Å². The first-order chi connectivity index (χ1) is 34.7. The highest BCUT2D eigenvalue weighted by molar-refractivity contribution is 6.29. The standard InChI is InChI=1S/C67H42N2O/c1-4-13-43(14-5-1)46-23-27-48(28-24-46)63-39-53(40-64(68-63)49-29-25-47(26-30-49)44-15-6-2-7-16-44)69-65-34-32-51(45-17-8-3-9-18-45)37-61(65)62-41-59-56-21-11-10-20-55(56)58-38-52(31-33-57(58)60(59)42-66(62)69)54-22-12-19-50-35-36-70-67(50)54/h1-42H. The first-order valence-corrected chi connectivity index (χ1v) is 23.9. The first-order valence-electron chi connectivity index (χ1n) is 23.9.